The summed E-state index contributed by atoms with van der Waals surface area (Å²) in [6, 6.07) is 32.1. The van der Waals surface area contributed by atoms with Gasteiger partial charge in [-0.05, 0) is 157 Å². The SMILES string of the molecule is CCCCCCc1cc(CCCCCC)cc(-c2c3nc(c(-c4ccc(N)cc4)c4ccc([nH]4)c(-c4cc(CCCCCC)cc(CCCCCC)c4)c4nc(c(CC)c5ccc2[nH]5)C=C4)C=C3)c1. The van der Waals surface area contributed by atoms with Crippen LogP contribution in [0.2, 0.25) is 0 Å². The lowest BCUT2D eigenvalue weighted by Gasteiger charge is -2.12. The lowest BCUT2D eigenvalue weighted by atomic mass is 9.94. The zero-order valence-corrected chi connectivity index (χ0v) is 42.7. The highest BCUT2D eigenvalue weighted by Gasteiger charge is 2.20. The third kappa shape index (κ3) is 12.5. The number of fused-ring (bicyclic) bond motifs is 8. The molecule has 8 rings (SSSR count). The average Bonchev–Trinajstić information content (AvgIpc) is 4.22. The van der Waals surface area contributed by atoms with Gasteiger partial charge in [0.2, 0.25) is 0 Å². The Morgan fingerprint density at radius 3 is 1.10 bits per heavy atom. The molecule has 5 nitrogen and oxygen atoms in total. The molecule has 360 valence electrons. The van der Waals surface area contributed by atoms with E-state index in [0.29, 0.717) is 0 Å². The largest absolute Gasteiger partial charge is 0.399 e. The number of H-pyrrole nitrogens is 2. The molecule has 0 fully saturated rings. The van der Waals surface area contributed by atoms with E-state index in [4.69, 9.17) is 15.7 Å². The van der Waals surface area contributed by atoms with Crippen molar-refractivity contribution in [2.75, 3.05) is 5.73 Å². The van der Waals surface area contributed by atoms with Crippen LogP contribution < -0.4 is 5.73 Å². The Labute approximate surface area is 414 Å². The van der Waals surface area contributed by atoms with Gasteiger partial charge < -0.3 is 15.7 Å². The predicted molar refractivity (Wildman–Crippen MR) is 300 cm³/mol. The van der Waals surface area contributed by atoms with E-state index in [0.717, 1.165) is 105 Å². The number of rotatable bonds is 24. The third-order valence-corrected chi connectivity index (χ3v) is 14.4. The molecule has 2 aliphatic rings. The summed E-state index contributed by atoms with van der Waals surface area (Å²) >= 11 is 0. The van der Waals surface area contributed by atoms with Gasteiger partial charge in [0, 0.05) is 50.0 Å². The van der Waals surface area contributed by atoms with Crippen LogP contribution >= 0.6 is 0 Å². The van der Waals surface area contributed by atoms with Gasteiger partial charge >= 0.3 is 0 Å². The third-order valence-electron chi connectivity index (χ3n) is 14.4. The minimum atomic E-state index is 0.742. The maximum atomic E-state index is 6.34. The Hall–Kier alpha value is -5.94. The molecule has 0 amide bonds. The van der Waals surface area contributed by atoms with Crippen molar-refractivity contribution in [1.29, 1.82) is 0 Å². The van der Waals surface area contributed by atoms with Crippen molar-refractivity contribution in [2.45, 2.75) is 169 Å². The van der Waals surface area contributed by atoms with Crippen molar-refractivity contribution in [3.05, 3.63) is 136 Å². The van der Waals surface area contributed by atoms with Crippen LogP contribution in [0.4, 0.5) is 5.69 Å². The molecule has 4 N–H and O–H groups in total. The Balaban J connectivity index is 1.40. The lowest BCUT2D eigenvalue weighted by molar-refractivity contribution is 0.661. The summed E-state index contributed by atoms with van der Waals surface area (Å²) in [6.07, 6.45) is 34.1. The van der Waals surface area contributed by atoms with E-state index in [1.165, 1.54) is 142 Å². The van der Waals surface area contributed by atoms with Crippen LogP contribution in [-0.4, -0.2) is 19.9 Å². The maximum Gasteiger partial charge on any atom is 0.0737 e. The van der Waals surface area contributed by atoms with Crippen molar-refractivity contribution >= 4 is 52.1 Å². The highest BCUT2D eigenvalue weighted by molar-refractivity contribution is 5.98. The molecular weight excluding hydrogens is 839 g/mol. The van der Waals surface area contributed by atoms with Crippen LogP contribution in [0.1, 0.15) is 188 Å². The fourth-order valence-corrected chi connectivity index (χ4v) is 10.6. The van der Waals surface area contributed by atoms with Gasteiger partial charge in [-0.15, -0.1) is 0 Å². The topological polar surface area (TPSA) is 83.4 Å². The van der Waals surface area contributed by atoms with Gasteiger partial charge in [-0.1, -0.05) is 160 Å². The zero-order valence-electron chi connectivity index (χ0n) is 42.7. The number of hydrogen-bond acceptors (Lipinski definition) is 3. The Kier molecular flexibility index (Phi) is 17.6. The first-order valence-electron chi connectivity index (χ1n) is 27.2. The molecule has 6 aromatic rings. The maximum absolute atomic E-state index is 6.34. The fourth-order valence-electron chi connectivity index (χ4n) is 10.6. The summed E-state index contributed by atoms with van der Waals surface area (Å²) < 4.78 is 0. The van der Waals surface area contributed by atoms with Gasteiger partial charge in [0.15, 0.2) is 0 Å². The van der Waals surface area contributed by atoms with E-state index < -0.39 is 0 Å². The molecule has 3 aromatic carbocycles. The smallest absolute Gasteiger partial charge is 0.0737 e. The number of aromatic nitrogens is 4. The van der Waals surface area contributed by atoms with E-state index in [1.807, 2.05) is 12.1 Å². The first-order valence-corrected chi connectivity index (χ1v) is 27.2. The van der Waals surface area contributed by atoms with E-state index in [1.54, 1.807) is 0 Å². The van der Waals surface area contributed by atoms with Crippen molar-refractivity contribution in [3.63, 3.8) is 0 Å². The van der Waals surface area contributed by atoms with Gasteiger partial charge in [-0.3, -0.25) is 0 Å². The highest BCUT2D eigenvalue weighted by atomic mass is 14.8. The van der Waals surface area contributed by atoms with Gasteiger partial charge in [-0.2, -0.15) is 0 Å². The second kappa shape index (κ2) is 24.6. The van der Waals surface area contributed by atoms with Crippen LogP contribution in [0.3, 0.4) is 0 Å². The number of nitrogen functional groups attached to an aromatic ring is 1. The molecule has 3 aromatic heterocycles. The molecule has 2 aliphatic heterocycles. The predicted octanol–water partition coefficient (Wildman–Crippen LogP) is 18.3. The Bertz CT molecular complexity index is 2750. The minimum Gasteiger partial charge on any atom is -0.399 e. The molecule has 0 spiro atoms. The monoisotopic (exact) mass is 918 g/mol. The van der Waals surface area contributed by atoms with Crippen molar-refractivity contribution < 1.29 is 0 Å². The first kappa shape index (κ1) is 49.5. The van der Waals surface area contributed by atoms with Gasteiger partial charge in [0.1, 0.15) is 0 Å². The van der Waals surface area contributed by atoms with E-state index >= 15 is 0 Å². The number of aryl methyl sites for hydroxylation is 5. The molecule has 0 radical (unpaired) electrons. The fraction of sp³-hybridized carbons (Fsp3) is 0.406. The Morgan fingerprint density at radius 1 is 0.362 bits per heavy atom. The molecule has 5 heteroatoms. The second-order valence-electron chi connectivity index (χ2n) is 19.9. The van der Waals surface area contributed by atoms with Gasteiger partial charge in [0.05, 0.1) is 22.8 Å². The first-order chi connectivity index (χ1) is 33.9. The lowest BCUT2D eigenvalue weighted by Crippen LogP contribution is -1.95. The molecule has 0 atom stereocenters. The number of anilines is 1. The number of nitrogens with zero attached hydrogens (tertiary/aromatic N) is 2. The van der Waals surface area contributed by atoms with Gasteiger partial charge in [-0.25, -0.2) is 9.97 Å². The van der Waals surface area contributed by atoms with Crippen LogP contribution in [-0.2, 0) is 32.1 Å². The summed E-state index contributed by atoms with van der Waals surface area (Å²) in [4.78, 5) is 19.2. The molecule has 0 unspecified atom stereocenters. The van der Waals surface area contributed by atoms with Crippen molar-refractivity contribution in [1.82, 2.24) is 19.9 Å². The summed E-state index contributed by atoms with van der Waals surface area (Å²) in [6.45, 7) is 11.4. The minimum absolute atomic E-state index is 0.742. The summed E-state index contributed by atoms with van der Waals surface area (Å²) in [7, 11) is 0. The van der Waals surface area contributed by atoms with Gasteiger partial charge in [0.25, 0.3) is 0 Å². The number of unbranched alkanes of at least 4 members (excludes halogenated alkanes) is 12. The van der Waals surface area contributed by atoms with Crippen LogP contribution in [0.5, 0.6) is 0 Å². The molecular formula is C64H79N5. The van der Waals surface area contributed by atoms with Crippen LogP contribution in [0.15, 0.2) is 84.9 Å². The van der Waals surface area contributed by atoms with E-state index in [-0.39, 0.29) is 0 Å². The van der Waals surface area contributed by atoms with Crippen molar-refractivity contribution in [3.8, 4) is 33.4 Å². The van der Waals surface area contributed by atoms with E-state index in [2.05, 4.69) is 142 Å². The van der Waals surface area contributed by atoms with Crippen molar-refractivity contribution in [2.24, 2.45) is 0 Å². The highest BCUT2D eigenvalue weighted by Crippen LogP contribution is 2.38. The molecule has 0 saturated heterocycles. The van der Waals surface area contributed by atoms with Crippen LogP contribution in [0, 0.1) is 0 Å². The molecule has 5 heterocycles. The number of hydrogen-bond donors (Lipinski definition) is 3. The molecule has 0 saturated carbocycles. The second-order valence-corrected chi connectivity index (χ2v) is 19.9. The standard InChI is InChI=1S/C64H79N5/c1-6-11-15-19-23-45-39-46(24-20-16-12-7-2)42-50(41-45)63-58-33-31-54(66-58)53(10-5)55-32-34-59(67-55)64(51-43-47(25-21-17-13-8-3)40-48(44-51)26-22-18-14-9-4)61-38-36-57(69-61)62(56-35-37-60(63)68-56)49-27-29-52(65)30-28-49/h27-44,66,69H,6-26,65H2,1-5H3. The molecule has 0 aliphatic carbocycles. The molecule has 8 bridgehead atoms. The Morgan fingerprint density at radius 2 is 0.710 bits per heavy atom. The average molecular weight is 918 g/mol. The van der Waals surface area contributed by atoms with E-state index in [9.17, 15) is 0 Å². The summed E-state index contributed by atoms with van der Waals surface area (Å²) in [5.74, 6) is 0. The number of nitrogens with two attached hydrogens (primary N) is 1. The number of aromatic amines is 2. The number of nitrogens with one attached hydrogen (secondary N) is 2. The zero-order chi connectivity index (χ0) is 48.0. The summed E-state index contributed by atoms with van der Waals surface area (Å²) in [5.41, 5.74) is 29.0. The molecule has 69 heavy (non-hydrogen) atoms. The quantitative estimate of drug-likeness (QED) is 0.0417. The number of benzene rings is 3. The van der Waals surface area contributed by atoms with Crippen LogP contribution in [0.25, 0.3) is 79.8 Å². The summed E-state index contributed by atoms with van der Waals surface area (Å²) in [5, 5.41) is 0. The normalized spacial score (nSPS) is 12.1.